The van der Waals surface area contributed by atoms with Gasteiger partial charge in [0, 0.05) is 18.4 Å². The first-order valence-electron chi connectivity index (χ1n) is 6.34. The van der Waals surface area contributed by atoms with E-state index in [1.54, 1.807) is 27.6 Å². The van der Waals surface area contributed by atoms with Crippen LogP contribution in [0.1, 0.15) is 19.9 Å². The summed E-state index contributed by atoms with van der Waals surface area (Å²) in [5.74, 6) is 0.652. The van der Waals surface area contributed by atoms with Gasteiger partial charge in [0.25, 0.3) is 0 Å². The van der Waals surface area contributed by atoms with E-state index in [9.17, 15) is 4.79 Å². The van der Waals surface area contributed by atoms with Crippen molar-refractivity contribution in [1.82, 2.24) is 9.13 Å². The van der Waals surface area contributed by atoms with Crippen LogP contribution in [0.25, 0.3) is 0 Å². The number of anilines is 1. The maximum atomic E-state index is 12.0. The fraction of sp³-hybridized carbons (Fsp3) is 0.357. The van der Waals surface area contributed by atoms with Crippen molar-refractivity contribution in [3.05, 3.63) is 47.1 Å². The molecule has 0 bridgehead atoms. The number of rotatable bonds is 5. The van der Waals surface area contributed by atoms with Crippen LogP contribution in [0.3, 0.4) is 0 Å². The van der Waals surface area contributed by atoms with Crippen LogP contribution in [-0.2, 0) is 6.54 Å². The summed E-state index contributed by atoms with van der Waals surface area (Å²) in [5, 5.41) is 0. The Hall–Kier alpha value is -2.17. The molecule has 0 unspecified atom stereocenters. The lowest BCUT2D eigenvalue weighted by atomic mass is 10.3. The van der Waals surface area contributed by atoms with Gasteiger partial charge in [0.1, 0.15) is 12.4 Å². The van der Waals surface area contributed by atoms with E-state index in [4.69, 9.17) is 10.5 Å². The number of hydrogen-bond acceptors (Lipinski definition) is 3. The van der Waals surface area contributed by atoms with Gasteiger partial charge in [-0.05, 0) is 26.0 Å². The van der Waals surface area contributed by atoms with Crippen LogP contribution in [0.5, 0.6) is 5.75 Å². The highest BCUT2D eigenvalue weighted by Crippen LogP contribution is 2.19. The van der Waals surface area contributed by atoms with Gasteiger partial charge < -0.3 is 10.5 Å². The van der Waals surface area contributed by atoms with Crippen molar-refractivity contribution in [2.45, 2.75) is 26.4 Å². The van der Waals surface area contributed by atoms with Gasteiger partial charge >= 0.3 is 5.69 Å². The fourth-order valence-electron chi connectivity index (χ4n) is 1.86. The summed E-state index contributed by atoms with van der Waals surface area (Å²) in [7, 11) is 0. The molecule has 1 aromatic heterocycles. The molecule has 0 spiro atoms. The smallest absolute Gasteiger partial charge is 0.328 e. The van der Waals surface area contributed by atoms with Gasteiger partial charge in [0.05, 0.1) is 12.2 Å². The number of nitrogens with two attached hydrogens (primary N) is 1. The molecule has 5 heteroatoms. The Kier molecular flexibility index (Phi) is 3.94. The van der Waals surface area contributed by atoms with Crippen LogP contribution in [0.4, 0.5) is 5.69 Å². The summed E-state index contributed by atoms with van der Waals surface area (Å²) in [5.41, 5.74) is 6.37. The number of imidazole rings is 1. The second-order valence-corrected chi connectivity index (χ2v) is 4.66. The minimum atomic E-state index is -0.0142. The van der Waals surface area contributed by atoms with E-state index in [0.29, 0.717) is 24.6 Å². The first-order valence-corrected chi connectivity index (χ1v) is 6.34. The predicted octanol–water partition coefficient (Wildman–Crippen LogP) is 1.89. The second kappa shape index (κ2) is 5.65. The minimum Gasteiger partial charge on any atom is -0.490 e. The SMILES string of the molecule is CC(C)n1ccn(CCOc2ccccc2N)c1=O. The second-order valence-electron chi connectivity index (χ2n) is 4.66. The highest BCUT2D eigenvalue weighted by atomic mass is 16.5. The highest BCUT2D eigenvalue weighted by molar-refractivity contribution is 5.51. The minimum absolute atomic E-state index is 0.0142. The monoisotopic (exact) mass is 261 g/mol. The third-order valence-electron chi connectivity index (χ3n) is 2.94. The summed E-state index contributed by atoms with van der Waals surface area (Å²) in [6.45, 7) is 4.88. The van der Waals surface area contributed by atoms with Crippen LogP contribution >= 0.6 is 0 Å². The zero-order valence-corrected chi connectivity index (χ0v) is 11.2. The number of ether oxygens (including phenoxy) is 1. The molecule has 5 nitrogen and oxygen atoms in total. The van der Waals surface area contributed by atoms with Crippen molar-refractivity contribution in [3.8, 4) is 5.75 Å². The molecule has 0 fully saturated rings. The van der Waals surface area contributed by atoms with Gasteiger partial charge in [0.15, 0.2) is 0 Å². The first-order chi connectivity index (χ1) is 9.09. The van der Waals surface area contributed by atoms with Gasteiger partial charge in [0.2, 0.25) is 0 Å². The lowest BCUT2D eigenvalue weighted by Gasteiger charge is -2.09. The Bertz CT molecular complexity index is 599. The molecule has 0 saturated carbocycles. The molecule has 1 heterocycles. The van der Waals surface area contributed by atoms with E-state index >= 15 is 0 Å². The first kappa shape index (κ1) is 13.3. The molecule has 2 N–H and O–H groups in total. The van der Waals surface area contributed by atoms with Crippen molar-refractivity contribution in [1.29, 1.82) is 0 Å². The molecule has 0 saturated heterocycles. The molecule has 0 radical (unpaired) electrons. The average molecular weight is 261 g/mol. The zero-order valence-electron chi connectivity index (χ0n) is 11.2. The van der Waals surface area contributed by atoms with Crippen molar-refractivity contribution >= 4 is 5.69 Å². The molecular weight excluding hydrogens is 242 g/mol. The van der Waals surface area contributed by atoms with Crippen molar-refractivity contribution < 1.29 is 4.74 Å². The molecule has 19 heavy (non-hydrogen) atoms. The Morgan fingerprint density at radius 1 is 1.26 bits per heavy atom. The topological polar surface area (TPSA) is 62.2 Å². The number of nitrogen functional groups attached to an aromatic ring is 1. The average Bonchev–Trinajstić information content (AvgIpc) is 2.74. The highest BCUT2D eigenvalue weighted by Gasteiger charge is 2.06. The van der Waals surface area contributed by atoms with E-state index in [0.717, 1.165) is 0 Å². The Labute approximate surface area is 112 Å². The third-order valence-corrected chi connectivity index (χ3v) is 2.94. The summed E-state index contributed by atoms with van der Waals surface area (Å²) in [4.78, 5) is 12.0. The number of nitrogens with zero attached hydrogens (tertiary/aromatic N) is 2. The molecule has 0 amide bonds. The summed E-state index contributed by atoms with van der Waals surface area (Å²) < 4.78 is 8.90. The van der Waals surface area contributed by atoms with E-state index in [1.807, 2.05) is 32.0 Å². The molecule has 102 valence electrons. The van der Waals surface area contributed by atoms with Gasteiger partial charge in [-0.2, -0.15) is 0 Å². The van der Waals surface area contributed by atoms with Crippen LogP contribution in [0.15, 0.2) is 41.5 Å². The van der Waals surface area contributed by atoms with E-state index in [2.05, 4.69) is 0 Å². The summed E-state index contributed by atoms with van der Waals surface area (Å²) in [6.07, 6.45) is 3.57. The Morgan fingerprint density at radius 3 is 2.63 bits per heavy atom. The number of benzene rings is 1. The molecular formula is C14H19N3O2. The Morgan fingerprint density at radius 2 is 2.00 bits per heavy atom. The maximum Gasteiger partial charge on any atom is 0.328 e. The standard InChI is InChI=1S/C14H19N3O2/c1-11(2)17-8-7-16(14(17)18)9-10-19-13-6-4-3-5-12(13)15/h3-8,11H,9-10,15H2,1-2H3. The number of para-hydroxylation sites is 2. The van der Waals surface area contributed by atoms with Gasteiger partial charge in [-0.3, -0.25) is 9.13 Å². The Balaban J connectivity index is 1.97. The van der Waals surface area contributed by atoms with Crippen molar-refractivity contribution in [2.75, 3.05) is 12.3 Å². The molecule has 2 rings (SSSR count). The van der Waals surface area contributed by atoms with Gasteiger partial charge in [-0.1, -0.05) is 12.1 Å². The quantitative estimate of drug-likeness (QED) is 0.836. The number of aromatic nitrogens is 2. The van der Waals surface area contributed by atoms with Crippen molar-refractivity contribution in [3.63, 3.8) is 0 Å². The van der Waals surface area contributed by atoms with Gasteiger partial charge in [-0.15, -0.1) is 0 Å². The molecule has 0 aliphatic carbocycles. The van der Waals surface area contributed by atoms with E-state index < -0.39 is 0 Å². The molecule has 2 aromatic rings. The van der Waals surface area contributed by atoms with Crippen LogP contribution in [0.2, 0.25) is 0 Å². The fourth-order valence-corrected chi connectivity index (χ4v) is 1.86. The maximum absolute atomic E-state index is 12.0. The molecule has 1 aromatic carbocycles. The van der Waals surface area contributed by atoms with Crippen molar-refractivity contribution in [2.24, 2.45) is 0 Å². The summed E-state index contributed by atoms with van der Waals surface area (Å²) in [6, 6.07) is 7.50. The number of hydrogen-bond donors (Lipinski definition) is 1. The normalized spacial score (nSPS) is 10.9. The molecule has 0 aliphatic heterocycles. The molecule has 0 aliphatic rings. The largest absolute Gasteiger partial charge is 0.490 e. The van der Waals surface area contributed by atoms with Crippen LogP contribution < -0.4 is 16.2 Å². The van der Waals surface area contributed by atoms with Gasteiger partial charge in [-0.25, -0.2) is 4.79 Å². The summed E-state index contributed by atoms with van der Waals surface area (Å²) >= 11 is 0. The van der Waals surface area contributed by atoms with Crippen LogP contribution in [0, 0.1) is 0 Å². The lowest BCUT2D eigenvalue weighted by molar-refractivity contribution is 0.297. The van der Waals surface area contributed by atoms with Crippen LogP contribution in [-0.4, -0.2) is 15.7 Å². The van der Waals surface area contributed by atoms with E-state index in [1.165, 1.54) is 0 Å². The molecule has 0 atom stereocenters. The zero-order chi connectivity index (χ0) is 13.8. The van der Waals surface area contributed by atoms with E-state index in [-0.39, 0.29) is 11.7 Å². The predicted molar refractivity (Wildman–Crippen MR) is 75.4 cm³/mol. The lowest BCUT2D eigenvalue weighted by Crippen LogP contribution is -2.27. The third kappa shape index (κ3) is 2.99.